The molecule has 1 saturated heterocycles. The molecule has 1 aliphatic heterocycles. The Labute approximate surface area is 151 Å². The van der Waals surface area contributed by atoms with Crippen LogP contribution in [0.4, 0.5) is 4.79 Å². The number of piperidine rings is 1. The topological polar surface area (TPSA) is 72.9 Å². The van der Waals surface area contributed by atoms with E-state index in [0.717, 1.165) is 31.7 Å². The second-order valence-corrected chi connectivity index (χ2v) is 7.77. The lowest BCUT2D eigenvalue weighted by Gasteiger charge is -2.38. The van der Waals surface area contributed by atoms with Crippen LogP contribution in [0.1, 0.15) is 65.2 Å². The zero-order valence-electron chi connectivity index (χ0n) is 15.9. The molecule has 0 radical (unpaired) electrons. The molecule has 1 saturated carbocycles. The van der Waals surface area contributed by atoms with E-state index in [2.05, 4.69) is 12.2 Å². The van der Waals surface area contributed by atoms with Crippen LogP contribution in [0.2, 0.25) is 0 Å². The number of carboxylic acid groups (broad SMARTS) is 1. The summed E-state index contributed by atoms with van der Waals surface area (Å²) in [7, 11) is 0. The third kappa shape index (κ3) is 6.49. The van der Waals surface area contributed by atoms with E-state index in [4.69, 9.17) is 5.11 Å². The number of urea groups is 1. The van der Waals surface area contributed by atoms with Gasteiger partial charge in [0.25, 0.3) is 0 Å². The SMILES string of the molecule is CCN(CC(=O)O)C1CCN(C(=O)N[C@H](C)CC2CCCCC2)CC1. The second kappa shape index (κ2) is 10.00. The van der Waals surface area contributed by atoms with E-state index in [0.29, 0.717) is 13.1 Å². The Kier molecular flexibility index (Phi) is 8.00. The highest BCUT2D eigenvalue weighted by atomic mass is 16.4. The second-order valence-electron chi connectivity index (χ2n) is 7.77. The van der Waals surface area contributed by atoms with E-state index in [1.54, 1.807) is 0 Å². The van der Waals surface area contributed by atoms with Crippen molar-refractivity contribution in [1.82, 2.24) is 15.1 Å². The molecule has 2 amide bonds. The van der Waals surface area contributed by atoms with Crippen molar-refractivity contribution < 1.29 is 14.7 Å². The summed E-state index contributed by atoms with van der Waals surface area (Å²) in [6, 6.07) is 0.542. The van der Waals surface area contributed by atoms with Gasteiger partial charge in [0.05, 0.1) is 6.54 Å². The summed E-state index contributed by atoms with van der Waals surface area (Å²) in [4.78, 5) is 27.3. The van der Waals surface area contributed by atoms with Crippen molar-refractivity contribution in [1.29, 1.82) is 0 Å². The fourth-order valence-corrected chi connectivity index (χ4v) is 4.39. The molecule has 1 heterocycles. The van der Waals surface area contributed by atoms with E-state index in [1.807, 2.05) is 16.7 Å². The molecule has 0 aromatic heterocycles. The van der Waals surface area contributed by atoms with Crippen molar-refractivity contribution in [2.75, 3.05) is 26.2 Å². The van der Waals surface area contributed by atoms with Crippen LogP contribution < -0.4 is 5.32 Å². The van der Waals surface area contributed by atoms with Crippen molar-refractivity contribution in [3.05, 3.63) is 0 Å². The quantitative estimate of drug-likeness (QED) is 0.738. The Bertz CT molecular complexity index is 430. The van der Waals surface area contributed by atoms with E-state index in [1.165, 1.54) is 32.1 Å². The average molecular weight is 354 g/mol. The summed E-state index contributed by atoms with van der Waals surface area (Å²) >= 11 is 0. The van der Waals surface area contributed by atoms with Gasteiger partial charge in [-0.25, -0.2) is 4.79 Å². The van der Waals surface area contributed by atoms with Gasteiger partial charge in [0.15, 0.2) is 0 Å². The average Bonchev–Trinajstić information content (AvgIpc) is 2.60. The van der Waals surface area contributed by atoms with Crippen LogP contribution in [0, 0.1) is 5.92 Å². The van der Waals surface area contributed by atoms with Gasteiger partial charge >= 0.3 is 12.0 Å². The first kappa shape index (κ1) is 20.0. The van der Waals surface area contributed by atoms with Gasteiger partial charge in [0.1, 0.15) is 0 Å². The number of rotatable bonds is 7. The molecule has 25 heavy (non-hydrogen) atoms. The van der Waals surface area contributed by atoms with E-state index in [-0.39, 0.29) is 24.7 Å². The fraction of sp³-hybridized carbons (Fsp3) is 0.895. The molecule has 2 N–H and O–H groups in total. The predicted octanol–water partition coefficient (Wildman–Crippen LogP) is 2.93. The maximum atomic E-state index is 12.5. The third-order valence-corrected chi connectivity index (χ3v) is 5.79. The summed E-state index contributed by atoms with van der Waals surface area (Å²) in [5, 5.41) is 12.2. The molecule has 1 aliphatic carbocycles. The number of carboxylic acids is 1. The number of amides is 2. The normalized spacial score (nSPS) is 21.3. The minimum absolute atomic E-state index is 0.0445. The maximum Gasteiger partial charge on any atom is 0.317 e. The lowest BCUT2D eigenvalue weighted by Crippen LogP contribution is -2.51. The fourth-order valence-electron chi connectivity index (χ4n) is 4.39. The Morgan fingerprint density at radius 2 is 1.80 bits per heavy atom. The van der Waals surface area contributed by atoms with E-state index < -0.39 is 5.97 Å². The lowest BCUT2D eigenvalue weighted by molar-refractivity contribution is -0.139. The van der Waals surface area contributed by atoms with Gasteiger partial charge in [0.2, 0.25) is 0 Å². The minimum Gasteiger partial charge on any atom is -0.480 e. The van der Waals surface area contributed by atoms with Crippen LogP contribution in [0.3, 0.4) is 0 Å². The monoisotopic (exact) mass is 353 g/mol. The number of likely N-dealkylation sites (tertiary alicyclic amines) is 1. The zero-order chi connectivity index (χ0) is 18.2. The van der Waals surface area contributed by atoms with Crippen LogP contribution in [0.25, 0.3) is 0 Å². The molecule has 2 aliphatic rings. The van der Waals surface area contributed by atoms with Crippen molar-refractivity contribution >= 4 is 12.0 Å². The zero-order valence-corrected chi connectivity index (χ0v) is 15.9. The number of likely N-dealkylation sites (N-methyl/N-ethyl adjacent to an activating group) is 1. The molecule has 144 valence electrons. The highest BCUT2D eigenvalue weighted by molar-refractivity contribution is 5.74. The minimum atomic E-state index is -0.779. The first-order chi connectivity index (χ1) is 12.0. The molecule has 1 atom stereocenters. The van der Waals surface area contributed by atoms with Gasteiger partial charge in [-0.05, 0) is 38.6 Å². The van der Waals surface area contributed by atoms with Gasteiger partial charge in [-0.2, -0.15) is 0 Å². The smallest absolute Gasteiger partial charge is 0.317 e. The molecule has 2 fully saturated rings. The largest absolute Gasteiger partial charge is 0.480 e. The molecule has 0 aromatic carbocycles. The molecule has 0 spiro atoms. The van der Waals surface area contributed by atoms with Gasteiger partial charge < -0.3 is 15.3 Å². The molecular weight excluding hydrogens is 318 g/mol. The molecule has 6 heteroatoms. The molecule has 6 nitrogen and oxygen atoms in total. The van der Waals surface area contributed by atoms with Gasteiger partial charge in [-0.15, -0.1) is 0 Å². The summed E-state index contributed by atoms with van der Waals surface area (Å²) < 4.78 is 0. The standard InChI is InChI=1S/C19H35N3O3/c1-3-21(14-18(23)24)17-9-11-22(12-10-17)19(25)20-15(2)13-16-7-5-4-6-8-16/h15-17H,3-14H2,1-2H3,(H,20,25)(H,23,24)/t15-/m1/s1. The Morgan fingerprint density at radius 3 is 2.36 bits per heavy atom. The van der Waals surface area contributed by atoms with Gasteiger partial charge in [0, 0.05) is 25.2 Å². The van der Waals surface area contributed by atoms with Gasteiger partial charge in [-0.3, -0.25) is 9.69 Å². The summed E-state index contributed by atoms with van der Waals surface area (Å²) in [5.74, 6) is -0.0116. The Balaban J connectivity index is 1.71. The number of nitrogens with zero attached hydrogens (tertiary/aromatic N) is 2. The highest BCUT2D eigenvalue weighted by Gasteiger charge is 2.28. The molecule has 0 unspecified atom stereocenters. The molecule has 0 bridgehead atoms. The van der Waals surface area contributed by atoms with Crippen LogP contribution >= 0.6 is 0 Å². The number of carbonyl (C=O) groups is 2. The number of hydrogen-bond donors (Lipinski definition) is 2. The molecule has 0 aromatic rings. The van der Waals surface area contributed by atoms with Crippen molar-refractivity contribution in [2.45, 2.75) is 77.3 Å². The van der Waals surface area contributed by atoms with E-state index >= 15 is 0 Å². The summed E-state index contributed by atoms with van der Waals surface area (Å²) in [6.45, 7) is 6.36. The predicted molar refractivity (Wildman–Crippen MR) is 98.7 cm³/mol. The number of nitrogens with one attached hydrogen (secondary N) is 1. The first-order valence-electron chi connectivity index (χ1n) is 10.0. The van der Waals surface area contributed by atoms with Crippen LogP contribution in [0.15, 0.2) is 0 Å². The van der Waals surface area contributed by atoms with E-state index in [9.17, 15) is 9.59 Å². The molecule has 2 rings (SSSR count). The Hall–Kier alpha value is -1.30. The summed E-state index contributed by atoms with van der Waals surface area (Å²) in [6.07, 6.45) is 9.45. The van der Waals surface area contributed by atoms with Crippen molar-refractivity contribution in [3.8, 4) is 0 Å². The van der Waals surface area contributed by atoms with Crippen molar-refractivity contribution in [3.63, 3.8) is 0 Å². The van der Waals surface area contributed by atoms with Crippen molar-refractivity contribution in [2.24, 2.45) is 5.92 Å². The number of carbonyl (C=O) groups excluding carboxylic acids is 1. The maximum absolute atomic E-state index is 12.5. The van der Waals surface area contributed by atoms with Crippen LogP contribution in [0.5, 0.6) is 0 Å². The summed E-state index contributed by atoms with van der Waals surface area (Å²) in [5.41, 5.74) is 0. The van der Waals surface area contributed by atoms with Crippen LogP contribution in [-0.2, 0) is 4.79 Å². The molecular formula is C19H35N3O3. The first-order valence-corrected chi connectivity index (χ1v) is 10.0. The number of aliphatic carboxylic acids is 1. The van der Waals surface area contributed by atoms with Gasteiger partial charge in [-0.1, -0.05) is 39.0 Å². The van der Waals surface area contributed by atoms with Crippen LogP contribution in [-0.4, -0.2) is 65.2 Å². The highest BCUT2D eigenvalue weighted by Crippen LogP contribution is 2.27. The lowest BCUT2D eigenvalue weighted by atomic mass is 9.85. The Morgan fingerprint density at radius 1 is 1.16 bits per heavy atom. The number of hydrogen-bond acceptors (Lipinski definition) is 3. The third-order valence-electron chi connectivity index (χ3n) is 5.79.